The molecule has 126 valence electrons. The second-order valence-electron chi connectivity index (χ2n) is 6.31. The number of nitrogens with zero attached hydrogens (tertiary/aromatic N) is 5. The summed E-state index contributed by atoms with van der Waals surface area (Å²) in [6.07, 6.45) is 5.98. The average molecular weight is 323 g/mol. The minimum Gasteiger partial charge on any atom is -0.338 e. The largest absolute Gasteiger partial charge is 0.338 e. The fourth-order valence-electron chi connectivity index (χ4n) is 2.95. The van der Waals surface area contributed by atoms with Crippen LogP contribution in [0.15, 0.2) is 30.6 Å². The maximum atomic E-state index is 4.72. The molecular formula is C19H25N5. The van der Waals surface area contributed by atoms with Gasteiger partial charge in [-0.3, -0.25) is 0 Å². The van der Waals surface area contributed by atoms with E-state index in [0.717, 1.165) is 38.0 Å². The molecule has 24 heavy (non-hydrogen) atoms. The van der Waals surface area contributed by atoms with Crippen LogP contribution in [-0.2, 0) is 0 Å². The predicted octanol–water partition coefficient (Wildman–Crippen LogP) is 1.01. The Morgan fingerprint density at radius 3 is 2.46 bits per heavy atom. The van der Waals surface area contributed by atoms with Gasteiger partial charge in [-0.15, -0.1) is 0 Å². The lowest BCUT2D eigenvalue weighted by atomic mass is 10.1. The SMILES string of the molecule is C/C=c1/cccc/c1=C/C(C)c1ncnc(N2CCN(C)CC2)n1. The van der Waals surface area contributed by atoms with Gasteiger partial charge in [0, 0.05) is 32.1 Å². The van der Waals surface area contributed by atoms with Crippen LogP contribution in [0.5, 0.6) is 0 Å². The molecule has 0 aliphatic carbocycles. The minimum absolute atomic E-state index is 0.139. The van der Waals surface area contributed by atoms with Gasteiger partial charge in [0.15, 0.2) is 0 Å². The molecule has 0 bridgehead atoms. The molecular weight excluding hydrogens is 298 g/mol. The third-order valence-corrected chi connectivity index (χ3v) is 4.51. The van der Waals surface area contributed by atoms with Gasteiger partial charge in [0.2, 0.25) is 5.95 Å². The second kappa shape index (κ2) is 7.53. The lowest BCUT2D eigenvalue weighted by Gasteiger charge is -2.32. The highest BCUT2D eigenvalue weighted by molar-refractivity contribution is 5.38. The number of rotatable bonds is 3. The van der Waals surface area contributed by atoms with Crippen LogP contribution in [-0.4, -0.2) is 53.1 Å². The molecule has 1 fully saturated rings. The van der Waals surface area contributed by atoms with Crippen molar-refractivity contribution in [2.75, 3.05) is 38.1 Å². The number of likely N-dealkylation sites (N-methyl/N-ethyl adjacent to an activating group) is 1. The van der Waals surface area contributed by atoms with Gasteiger partial charge in [-0.2, -0.15) is 4.98 Å². The molecule has 0 saturated carbocycles. The fourth-order valence-corrected chi connectivity index (χ4v) is 2.95. The van der Waals surface area contributed by atoms with E-state index in [1.807, 2.05) is 0 Å². The smallest absolute Gasteiger partial charge is 0.228 e. The highest BCUT2D eigenvalue weighted by Gasteiger charge is 2.17. The summed E-state index contributed by atoms with van der Waals surface area (Å²) in [6, 6.07) is 8.39. The number of benzene rings is 1. The van der Waals surface area contributed by atoms with Gasteiger partial charge in [-0.25, -0.2) is 9.97 Å². The van der Waals surface area contributed by atoms with E-state index in [2.05, 4.69) is 77.1 Å². The molecule has 5 heteroatoms. The number of anilines is 1. The first-order valence-corrected chi connectivity index (χ1v) is 8.53. The first kappa shape index (κ1) is 16.6. The second-order valence-corrected chi connectivity index (χ2v) is 6.31. The summed E-state index contributed by atoms with van der Waals surface area (Å²) >= 11 is 0. The quantitative estimate of drug-likeness (QED) is 0.843. The van der Waals surface area contributed by atoms with Crippen molar-refractivity contribution in [1.82, 2.24) is 19.9 Å². The first-order chi connectivity index (χ1) is 11.7. The zero-order valence-electron chi connectivity index (χ0n) is 14.7. The van der Waals surface area contributed by atoms with Crippen molar-refractivity contribution in [2.45, 2.75) is 19.8 Å². The van der Waals surface area contributed by atoms with Crippen LogP contribution in [0, 0.1) is 0 Å². The summed E-state index contributed by atoms with van der Waals surface area (Å²) in [7, 11) is 2.15. The van der Waals surface area contributed by atoms with Crippen LogP contribution in [0.3, 0.4) is 0 Å². The minimum atomic E-state index is 0.139. The molecule has 1 aromatic carbocycles. The van der Waals surface area contributed by atoms with Gasteiger partial charge in [0.25, 0.3) is 0 Å². The zero-order valence-corrected chi connectivity index (χ0v) is 14.7. The molecule has 0 radical (unpaired) electrons. The zero-order chi connectivity index (χ0) is 16.9. The van der Waals surface area contributed by atoms with E-state index < -0.39 is 0 Å². The molecule has 1 saturated heterocycles. The van der Waals surface area contributed by atoms with Crippen LogP contribution in [0.1, 0.15) is 25.6 Å². The van der Waals surface area contributed by atoms with Gasteiger partial charge in [0.1, 0.15) is 12.2 Å². The van der Waals surface area contributed by atoms with Gasteiger partial charge < -0.3 is 9.80 Å². The molecule has 1 aliphatic heterocycles. The standard InChI is InChI=1S/C19H25N5/c1-4-16-7-5-6-8-17(16)13-15(2)18-20-14-21-19(22-18)24-11-9-23(3)10-12-24/h4-8,13-15H,9-12H2,1-3H3/b16-4-,17-13-. The van der Waals surface area contributed by atoms with Crippen molar-refractivity contribution < 1.29 is 0 Å². The summed E-state index contributed by atoms with van der Waals surface area (Å²) in [5.41, 5.74) is 0. The lowest BCUT2D eigenvalue weighted by molar-refractivity contribution is 0.311. The third-order valence-electron chi connectivity index (χ3n) is 4.51. The van der Waals surface area contributed by atoms with E-state index in [1.165, 1.54) is 10.4 Å². The normalized spacial score (nSPS) is 18.9. The summed E-state index contributed by atoms with van der Waals surface area (Å²) in [5, 5.41) is 2.45. The Morgan fingerprint density at radius 1 is 1.04 bits per heavy atom. The van der Waals surface area contributed by atoms with Crippen LogP contribution >= 0.6 is 0 Å². The summed E-state index contributed by atoms with van der Waals surface area (Å²) in [6.45, 7) is 8.21. The topological polar surface area (TPSA) is 45.2 Å². The Morgan fingerprint density at radius 2 is 1.75 bits per heavy atom. The maximum Gasteiger partial charge on any atom is 0.228 e. The van der Waals surface area contributed by atoms with E-state index in [0.29, 0.717) is 0 Å². The molecule has 1 atom stereocenters. The van der Waals surface area contributed by atoms with Crippen molar-refractivity contribution in [2.24, 2.45) is 0 Å². The Labute approximate surface area is 143 Å². The number of hydrogen-bond acceptors (Lipinski definition) is 5. The van der Waals surface area contributed by atoms with E-state index in [9.17, 15) is 0 Å². The molecule has 2 heterocycles. The van der Waals surface area contributed by atoms with Crippen LogP contribution < -0.4 is 15.3 Å². The third kappa shape index (κ3) is 3.79. The van der Waals surface area contributed by atoms with E-state index in [4.69, 9.17) is 4.98 Å². The van der Waals surface area contributed by atoms with Gasteiger partial charge in [-0.05, 0) is 24.4 Å². The maximum absolute atomic E-state index is 4.72. The van der Waals surface area contributed by atoms with E-state index >= 15 is 0 Å². The van der Waals surface area contributed by atoms with Crippen molar-refractivity contribution in [3.8, 4) is 0 Å². The van der Waals surface area contributed by atoms with Crippen molar-refractivity contribution in [3.63, 3.8) is 0 Å². The predicted molar refractivity (Wildman–Crippen MR) is 98.2 cm³/mol. The van der Waals surface area contributed by atoms with Gasteiger partial charge >= 0.3 is 0 Å². The van der Waals surface area contributed by atoms with E-state index in [-0.39, 0.29) is 5.92 Å². The van der Waals surface area contributed by atoms with Crippen LogP contribution in [0.25, 0.3) is 12.2 Å². The van der Waals surface area contributed by atoms with Crippen molar-refractivity contribution >= 4 is 18.1 Å². The average Bonchev–Trinajstić information content (AvgIpc) is 2.63. The van der Waals surface area contributed by atoms with Crippen LogP contribution in [0.4, 0.5) is 5.95 Å². The summed E-state index contributed by atoms with van der Waals surface area (Å²) < 4.78 is 0. The highest BCUT2D eigenvalue weighted by atomic mass is 15.3. The number of piperazine rings is 1. The molecule has 1 unspecified atom stereocenters. The molecule has 2 aromatic rings. The lowest BCUT2D eigenvalue weighted by Crippen LogP contribution is -2.45. The summed E-state index contributed by atoms with van der Waals surface area (Å²) in [4.78, 5) is 18.1. The molecule has 5 nitrogen and oxygen atoms in total. The number of aromatic nitrogens is 3. The monoisotopic (exact) mass is 323 g/mol. The van der Waals surface area contributed by atoms with Crippen molar-refractivity contribution in [3.05, 3.63) is 46.9 Å². The summed E-state index contributed by atoms with van der Waals surface area (Å²) in [5.74, 6) is 1.76. The fraction of sp³-hybridized carbons (Fsp3) is 0.421. The Bertz CT molecular complexity index is 793. The molecule has 0 N–H and O–H groups in total. The van der Waals surface area contributed by atoms with Crippen LogP contribution in [0.2, 0.25) is 0 Å². The van der Waals surface area contributed by atoms with Gasteiger partial charge in [-0.1, -0.05) is 43.3 Å². The number of hydrogen-bond donors (Lipinski definition) is 0. The molecule has 1 aromatic heterocycles. The Balaban J connectivity index is 1.86. The Kier molecular flexibility index (Phi) is 5.20. The molecule has 0 amide bonds. The van der Waals surface area contributed by atoms with Crippen molar-refractivity contribution in [1.29, 1.82) is 0 Å². The van der Waals surface area contributed by atoms with Gasteiger partial charge in [0.05, 0.1) is 0 Å². The Hall–Kier alpha value is -2.27. The highest BCUT2D eigenvalue weighted by Crippen LogP contribution is 2.15. The molecule has 0 spiro atoms. The molecule has 3 rings (SSSR count). The van der Waals surface area contributed by atoms with E-state index in [1.54, 1.807) is 6.33 Å². The molecule has 1 aliphatic rings. The first-order valence-electron chi connectivity index (χ1n) is 8.53.